The van der Waals surface area contributed by atoms with Gasteiger partial charge in [-0.1, -0.05) is 12.1 Å². The van der Waals surface area contributed by atoms with Gasteiger partial charge >= 0.3 is 5.63 Å². The van der Waals surface area contributed by atoms with Crippen molar-refractivity contribution in [1.29, 1.82) is 0 Å². The van der Waals surface area contributed by atoms with Crippen LogP contribution in [0.1, 0.15) is 29.5 Å². The number of hydrogen-bond acceptors (Lipinski definition) is 5. The van der Waals surface area contributed by atoms with Crippen LogP contribution in [0.4, 0.5) is 5.69 Å². The predicted molar refractivity (Wildman–Crippen MR) is 114 cm³/mol. The molecule has 2 heterocycles. The maximum Gasteiger partial charge on any atom is 0.336 e. The van der Waals surface area contributed by atoms with E-state index in [1.165, 1.54) is 10.4 Å². The zero-order valence-corrected chi connectivity index (χ0v) is 17.4. The van der Waals surface area contributed by atoms with Crippen molar-refractivity contribution in [3.05, 3.63) is 69.6 Å². The summed E-state index contributed by atoms with van der Waals surface area (Å²) >= 11 is 0. The lowest BCUT2D eigenvalue weighted by Crippen LogP contribution is -2.27. The van der Waals surface area contributed by atoms with Gasteiger partial charge in [-0.3, -0.25) is 0 Å². The van der Waals surface area contributed by atoms with E-state index in [0.717, 1.165) is 40.6 Å². The van der Waals surface area contributed by atoms with E-state index in [1.54, 1.807) is 24.3 Å². The van der Waals surface area contributed by atoms with Crippen LogP contribution in [-0.2, 0) is 16.6 Å². The molecule has 0 atom stereocenters. The van der Waals surface area contributed by atoms with Crippen molar-refractivity contribution >= 4 is 26.7 Å². The van der Waals surface area contributed by atoms with E-state index < -0.39 is 10.0 Å². The second kappa shape index (κ2) is 7.65. The smallest absolute Gasteiger partial charge is 0.336 e. The Morgan fingerprint density at radius 1 is 1.03 bits per heavy atom. The first-order valence-electron chi connectivity index (χ1n) is 9.73. The molecule has 0 unspecified atom stereocenters. The SMILES string of the molecule is Cc1ccc2c(CNc3ccc(S(=O)(=O)N4CCCC4)cc3)cc(=O)oc2c1C. The van der Waals surface area contributed by atoms with Crippen molar-refractivity contribution < 1.29 is 12.8 Å². The van der Waals surface area contributed by atoms with Gasteiger partial charge in [0.1, 0.15) is 5.58 Å². The fourth-order valence-electron chi connectivity index (χ4n) is 3.69. The Hall–Kier alpha value is -2.64. The summed E-state index contributed by atoms with van der Waals surface area (Å²) in [7, 11) is -3.41. The van der Waals surface area contributed by atoms with Crippen LogP contribution in [0.25, 0.3) is 11.0 Å². The lowest BCUT2D eigenvalue weighted by Gasteiger charge is -2.16. The Morgan fingerprint density at radius 3 is 2.41 bits per heavy atom. The summed E-state index contributed by atoms with van der Waals surface area (Å²) < 4.78 is 32.2. The number of hydrogen-bond donors (Lipinski definition) is 1. The van der Waals surface area contributed by atoms with Crippen LogP contribution in [-0.4, -0.2) is 25.8 Å². The van der Waals surface area contributed by atoms with Gasteiger partial charge in [-0.25, -0.2) is 13.2 Å². The molecule has 0 saturated carbocycles. The van der Waals surface area contributed by atoms with Gasteiger partial charge in [-0.15, -0.1) is 0 Å². The van der Waals surface area contributed by atoms with Crippen molar-refractivity contribution in [1.82, 2.24) is 4.31 Å². The molecule has 0 radical (unpaired) electrons. The zero-order valence-electron chi connectivity index (χ0n) is 16.6. The molecule has 1 N–H and O–H groups in total. The molecule has 152 valence electrons. The van der Waals surface area contributed by atoms with Crippen LogP contribution in [0.3, 0.4) is 0 Å². The number of sulfonamides is 1. The maximum atomic E-state index is 12.6. The molecule has 3 aromatic rings. The molecule has 1 aromatic heterocycles. The Kier molecular flexibility index (Phi) is 5.19. The summed E-state index contributed by atoms with van der Waals surface area (Å²) in [6.45, 7) is 5.54. The Morgan fingerprint density at radius 2 is 1.72 bits per heavy atom. The fourth-order valence-corrected chi connectivity index (χ4v) is 5.21. The maximum absolute atomic E-state index is 12.6. The lowest BCUT2D eigenvalue weighted by molar-refractivity contribution is 0.477. The minimum atomic E-state index is -3.41. The molecule has 1 saturated heterocycles. The third-order valence-corrected chi connectivity index (χ3v) is 7.47. The Balaban J connectivity index is 1.56. The molecular weight excluding hydrogens is 388 g/mol. The van der Waals surface area contributed by atoms with Crippen LogP contribution in [0, 0.1) is 13.8 Å². The van der Waals surface area contributed by atoms with Gasteiger partial charge in [0.2, 0.25) is 10.0 Å². The fraction of sp³-hybridized carbons (Fsp3) is 0.318. The van der Waals surface area contributed by atoms with Crippen molar-refractivity contribution in [2.24, 2.45) is 0 Å². The van der Waals surface area contributed by atoms with E-state index in [1.807, 2.05) is 26.0 Å². The lowest BCUT2D eigenvalue weighted by atomic mass is 10.0. The van der Waals surface area contributed by atoms with Gasteiger partial charge in [0.05, 0.1) is 4.90 Å². The summed E-state index contributed by atoms with van der Waals surface area (Å²) in [5.74, 6) is 0. The second-order valence-electron chi connectivity index (χ2n) is 7.46. The highest BCUT2D eigenvalue weighted by Crippen LogP contribution is 2.25. The minimum absolute atomic E-state index is 0.307. The highest BCUT2D eigenvalue weighted by Gasteiger charge is 2.26. The van der Waals surface area contributed by atoms with Gasteiger partial charge in [0.15, 0.2) is 0 Å². The van der Waals surface area contributed by atoms with Crippen LogP contribution >= 0.6 is 0 Å². The highest BCUT2D eigenvalue weighted by atomic mass is 32.2. The quantitative estimate of drug-likeness (QED) is 0.645. The van der Waals surface area contributed by atoms with Crippen LogP contribution in [0.15, 0.2) is 56.6 Å². The molecule has 4 rings (SSSR count). The van der Waals surface area contributed by atoms with Gasteiger partial charge in [0.25, 0.3) is 0 Å². The molecular formula is C22H24N2O4S. The third kappa shape index (κ3) is 3.80. The zero-order chi connectivity index (χ0) is 20.6. The first-order chi connectivity index (χ1) is 13.9. The van der Waals surface area contributed by atoms with Gasteiger partial charge in [0, 0.05) is 36.8 Å². The molecule has 0 aliphatic carbocycles. The van der Waals surface area contributed by atoms with Crippen molar-refractivity contribution in [3.8, 4) is 0 Å². The number of nitrogens with one attached hydrogen (secondary N) is 1. The van der Waals surface area contributed by atoms with E-state index in [4.69, 9.17) is 4.42 Å². The standard InChI is InChI=1S/C22H24N2O4S/c1-15-5-10-20-17(13-21(25)28-22(20)16(15)2)14-23-18-6-8-19(9-7-18)29(26,27)24-11-3-4-12-24/h5-10,13,23H,3-4,11-12,14H2,1-2H3. The van der Waals surface area contributed by atoms with E-state index in [-0.39, 0.29) is 5.63 Å². The summed E-state index contributed by atoms with van der Waals surface area (Å²) in [5, 5.41) is 4.17. The van der Waals surface area contributed by atoms with Crippen molar-refractivity contribution in [3.63, 3.8) is 0 Å². The van der Waals surface area contributed by atoms with Gasteiger partial charge < -0.3 is 9.73 Å². The molecule has 1 aliphatic heterocycles. The monoisotopic (exact) mass is 412 g/mol. The molecule has 6 nitrogen and oxygen atoms in total. The van der Waals surface area contributed by atoms with Crippen LogP contribution in [0.2, 0.25) is 0 Å². The molecule has 0 amide bonds. The Bertz CT molecular complexity index is 1210. The molecule has 0 spiro atoms. The number of anilines is 1. The molecule has 7 heteroatoms. The first kappa shape index (κ1) is 19.7. The van der Waals surface area contributed by atoms with E-state index in [2.05, 4.69) is 5.32 Å². The topological polar surface area (TPSA) is 79.6 Å². The molecule has 29 heavy (non-hydrogen) atoms. The number of fused-ring (bicyclic) bond motifs is 1. The largest absolute Gasteiger partial charge is 0.422 e. The van der Waals surface area contributed by atoms with Crippen molar-refractivity contribution in [2.45, 2.75) is 38.1 Å². The van der Waals surface area contributed by atoms with E-state index in [9.17, 15) is 13.2 Å². The van der Waals surface area contributed by atoms with Crippen molar-refractivity contribution in [2.75, 3.05) is 18.4 Å². The second-order valence-corrected chi connectivity index (χ2v) is 9.40. The van der Waals surface area contributed by atoms with Gasteiger partial charge in [-0.2, -0.15) is 4.31 Å². The third-order valence-electron chi connectivity index (χ3n) is 5.56. The summed E-state index contributed by atoms with van der Waals surface area (Å²) in [4.78, 5) is 12.3. The normalized spacial score (nSPS) is 15.1. The summed E-state index contributed by atoms with van der Waals surface area (Å²) in [6.07, 6.45) is 1.83. The first-order valence-corrected chi connectivity index (χ1v) is 11.2. The average molecular weight is 413 g/mol. The predicted octanol–water partition coefficient (Wildman–Crippen LogP) is 3.81. The number of rotatable bonds is 5. The number of aryl methyl sites for hydroxylation is 2. The number of benzene rings is 2. The number of nitrogens with zero attached hydrogens (tertiary/aromatic N) is 1. The average Bonchev–Trinajstić information content (AvgIpc) is 3.25. The summed E-state index contributed by atoms with van der Waals surface area (Å²) in [5.41, 5.74) is 3.89. The molecule has 0 bridgehead atoms. The Labute approximate surface area is 170 Å². The molecule has 1 fully saturated rings. The van der Waals surface area contributed by atoms with Crippen LogP contribution in [0.5, 0.6) is 0 Å². The highest BCUT2D eigenvalue weighted by molar-refractivity contribution is 7.89. The molecule has 2 aromatic carbocycles. The molecule has 1 aliphatic rings. The van der Waals surface area contributed by atoms with Gasteiger partial charge in [-0.05, 0) is 67.6 Å². The van der Waals surface area contributed by atoms with Crippen LogP contribution < -0.4 is 10.9 Å². The summed E-state index contributed by atoms with van der Waals surface area (Å²) in [6, 6.07) is 12.2. The van der Waals surface area contributed by atoms with E-state index >= 15 is 0 Å². The minimum Gasteiger partial charge on any atom is -0.422 e. The van der Waals surface area contributed by atoms with E-state index in [0.29, 0.717) is 30.1 Å².